The topological polar surface area (TPSA) is 54.9 Å². The summed E-state index contributed by atoms with van der Waals surface area (Å²) in [4.78, 5) is 22.6. The van der Waals surface area contributed by atoms with Gasteiger partial charge in [0.05, 0.1) is 31.4 Å². The van der Waals surface area contributed by atoms with E-state index in [4.69, 9.17) is 14.5 Å². The predicted molar refractivity (Wildman–Crippen MR) is 137 cm³/mol. The highest BCUT2D eigenvalue weighted by Crippen LogP contribution is 2.36. The monoisotopic (exact) mass is 489 g/mol. The van der Waals surface area contributed by atoms with Crippen molar-refractivity contribution in [2.24, 2.45) is 0 Å². The molecule has 8 heteroatoms. The third-order valence-corrected chi connectivity index (χ3v) is 7.06. The van der Waals surface area contributed by atoms with E-state index in [1.807, 2.05) is 29.2 Å². The maximum Gasteiger partial charge on any atom is 0.233 e. The first kappa shape index (κ1) is 25.4. The summed E-state index contributed by atoms with van der Waals surface area (Å²) >= 11 is 1.57. The highest BCUT2D eigenvalue weighted by atomic mass is 35.5. The Morgan fingerprint density at radius 3 is 2.73 bits per heavy atom. The van der Waals surface area contributed by atoms with Crippen LogP contribution in [0.15, 0.2) is 36.4 Å². The fourth-order valence-corrected chi connectivity index (χ4v) is 5.17. The number of hydrogen-bond acceptors (Lipinski definition) is 6. The number of fused-ring (bicyclic) bond motifs is 1. The lowest BCUT2D eigenvalue weighted by Crippen LogP contribution is -2.39. The van der Waals surface area contributed by atoms with E-state index in [0.717, 1.165) is 77.1 Å². The summed E-state index contributed by atoms with van der Waals surface area (Å²) in [7, 11) is 1.66. The number of morpholine rings is 1. The number of aryl methyl sites for hydroxylation is 2. The number of benzene rings is 2. The van der Waals surface area contributed by atoms with Gasteiger partial charge in [-0.1, -0.05) is 47.2 Å². The molecule has 33 heavy (non-hydrogen) atoms. The van der Waals surface area contributed by atoms with Gasteiger partial charge in [0.15, 0.2) is 5.13 Å². The third kappa shape index (κ3) is 6.23. The fraction of sp³-hybridized carbons (Fsp3) is 0.440. The van der Waals surface area contributed by atoms with E-state index in [1.165, 1.54) is 0 Å². The van der Waals surface area contributed by atoms with Gasteiger partial charge in [0.25, 0.3) is 0 Å². The molecule has 3 aromatic rings. The van der Waals surface area contributed by atoms with Crippen molar-refractivity contribution in [2.45, 2.75) is 26.7 Å². The van der Waals surface area contributed by atoms with Crippen LogP contribution < -0.4 is 9.64 Å². The van der Waals surface area contributed by atoms with Gasteiger partial charge < -0.3 is 9.47 Å². The average molecular weight is 490 g/mol. The zero-order valence-corrected chi connectivity index (χ0v) is 21.1. The Morgan fingerprint density at radius 2 is 2.00 bits per heavy atom. The number of nitrogens with zero attached hydrogens (tertiary/aromatic N) is 3. The molecule has 4 rings (SSSR count). The van der Waals surface area contributed by atoms with Crippen LogP contribution >= 0.6 is 23.7 Å². The molecule has 0 atom stereocenters. The van der Waals surface area contributed by atoms with Crippen molar-refractivity contribution in [1.82, 2.24) is 9.88 Å². The van der Waals surface area contributed by atoms with Crippen LogP contribution in [0, 0.1) is 13.8 Å². The minimum atomic E-state index is 0. The van der Waals surface area contributed by atoms with Crippen LogP contribution in [0.5, 0.6) is 5.75 Å². The molecule has 178 valence electrons. The van der Waals surface area contributed by atoms with E-state index in [2.05, 4.69) is 30.9 Å². The van der Waals surface area contributed by atoms with Crippen LogP contribution in [-0.4, -0.2) is 62.3 Å². The molecule has 1 aliphatic heterocycles. The Hall–Kier alpha value is -2.19. The van der Waals surface area contributed by atoms with Gasteiger partial charge in [0.2, 0.25) is 5.91 Å². The van der Waals surface area contributed by atoms with Crippen molar-refractivity contribution in [3.8, 4) is 5.75 Å². The minimum Gasteiger partial charge on any atom is -0.494 e. The maximum absolute atomic E-state index is 13.5. The summed E-state index contributed by atoms with van der Waals surface area (Å²) < 4.78 is 12.0. The van der Waals surface area contributed by atoms with Gasteiger partial charge in [-0.2, -0.15) is 0 Å². The zero-order valence-electron chi connectivity index (χ0n) is 19.5. The van der Waals surface area contributed by atoms with Gasteiger partial charge in [-0.25, -0.2) is 4.98 Å². The second-order valence-electron chi connectivity index (χ2n) is 8.28. The normalized spacial score (nSPS) is 14.2. The zero-order chi connectivity index (χ0) is 22.5. The van der Waals surface area contributed by atoms with E-state index >= 15 is 0 Å². The molecule has 1 aliphatic rings. The lowest BCUT2D eigenvalue weighted by molar-refractivity contribution is -0.118. The molecule has 0 N–H and O–H groups in total. The maximum atomic E-state index is 13.5. The quantitative estimate of drug-likeness (QED) is 0.461. The van der Waals surface area contributed by atoms with E-state index in [0.29, 0.717) is 13.0 Å². The van der Waals surface area contributed by atoms with Crippen LogP contribution in [0.25, 0.3) is 10.2 Å². The first-order chi connectivity index (χ1) is 15.5. The van der Waals surface area contributed by atoms with E-state index in [9.17, 15) is 4.79 Å². The van der Waals surface area contributed by atoms with Gasteiger partial charge in [0.1, 0.15) is 11.3 Å². The number of carbonyl (C=O) groups excluding carboxylic acids is 1. The van der Waals surface area contributed by atoms with Crippen LogP contribution in [-0.2, 0) is 16.0 Å². The molecule has 1 fully saturated rings. The van der Waals surface area contributed by atoms with Crippen molar-refractivity contribution in [3.05, 3.63) is 53.1 Å². The average Bonchev–Trinajstić information content (AvgIpc) is 3.23. The van der Waals surface area contributed by atoms with Crippen molar-refractivity contribution in [3.63, 3.8) is 0 Å². The van der Waals surface area contributed by atoms with Crippen molar-refractivity contribution < 1.29 is 14.3 Å². The van der Waals surface area contributed by atoms with Gasteiger partial charge in [-0.15, -0.1) is 12.4 Å². The second kappa shape index (κ2) is 11.8. The molecule has 0 aliphatic carbocycles. The summed E-state index contributed by atoms with van der Waals surface area (Å²) in [5, 5.41) is 0.743. The van der Waals surface area contributed by atoms with Crippen LogP contribution in [0.2, 0.25) is 0 Å². The van der Waals surface area contributed by atoms with Crippen LogP contribution in [0.1, 0.15) is 23.1 Å². The fourth-order valence-electron chi connectivity index (χ4n) is 4.07. The van der Waals surface area contributed by atoms with Crippen molar-refractivity contribution in [1.29, 1.82) is 0 Å². The standard InChI is InChI=1S/C25H31N3O3S.ClH/c1-18-6-4-7-20(16-18)17-22(29)28(11-5-10-27-12-14-31-15-13-27)25-26-23-21(30-3)9-8-19(2)24(23)32-25;/h4,6-9,16H,5,10-15,17H2,1-3H3;1H. The lowest BCUT2D eigenvalue weighted by Gasteiger charge is -2.27. The van der Waals surface area contributed by atoms with Crippen molar-refractivity contribution >= 4 is 45.0 Å². The number of hydrogen-bond donors (Lipinski definition) is 0. The summed E-state index contributed by atoms with van der Waals surface area (Å²) in [6, 6.07) is 12.1. The number of thiazole rings is 1. The Kier molecular flexibility index (Phi) is 9.09. The molecule has 0 saturated carbocycles. The number of methoxy groups -OCH3 is 1. The first-order valence-corrected chi connectivity index (χ1v) is 12.0. The summed E-state index contributed by atoms with van der Waals surface area (Å²) in [5.41, 5.74) is 4.16. The molecular formula is C25H32ClN3O3S. The van der Waals surface area contributed by atoms with Crippen LogP contribution in [0.4, 0.5) is 5.13 Å². The number of halogens is 1. The van der Waals surface area contributed by atoms with Gasteiger partial charge in [-0.05, 0) is 37.5 Å². The lowest BCUT2D eigenvalue weighted by atomic mass is 10.1. The van der Waals surface area contributed by atoms with Crippen molar-refractivity contribution in [2.75, 3.05) is 51.4 Å². The van der Waals surface area contributed by atoms with Gasteiger partial charge in [0, 0.05) is 26.2 Å². The van der Waals surface area contributed by atoms with Gasteiger partial charge in [-0.3, -0.25) is 14.6 Å². The molecule has 1 aromatic heterocycles. The van der Waals surface area contributed by atoms with E-state index in [1.54, 1.807) is 18.4 Å². The Bertz CT molecular complexity index is 1080. The molecule has 0 radical (unpaired) electrons. The Morgan fingerprint density at radius 1 is 1.21 bits per heavy atom. The Labute approximate surface area is 205 Å². The third-order valence-electron chi connectivity index (χ3n) is 5.84. The first-order valence-electron chi connectivity index (χ1n) is 11.2. The molecule has 1 amide bonds. The minimum absolute atomic E-state index is 0. The van der Waals surface area contributed by atoms with E-state index in [-0.39, 0.29) is 18.3 Å². The number of amides is 1. The molecule has 0 bridgehead atoms. The molecular weight excluding hydrogens is 458 g/mol. The smallest absolute Gasteiger partial charge is 0.233 e. The number of carbonyl (C=O) groups is 1. The number of anilines is 1. The summed E-state index contributed by atoms with van der Waals surface area (Å²) in [5.74, 6) is 0.820. The van der Waals surface area contributed by atoms with E-state index < -0.39 is 0 Å². The molecule has 1 saturated heterocycles. The second-order valence-corrected chi connectivity index (χ2v) is 9.26. The highest BCUT2D eigenvalue weighted by Gasteiger charge is 2.22. The largest absolute Gasteiger partial charge is 0.494 e. The summed E-state index contributed by atoms with van der Waals surface area (Å²) in [6.07, 6.45) is 1.26. The van der Waals surface area contributed by atoms with Crippen LogP contribution in [0.3, 0.4) is 0 Å². The SMILES string of the molecule is COc1ccc(C)c2sc(N(CCCN3CCOCC3)C(=O)Cc3cccc(C)c3)nc12.Cl. The molecule has 2 aromatic carbocycles. The molecule has 0 spiro atoms. The molecule has 6 nitrogen and oxygen atoms in total. The number of ether oxygens (including phenoxy) is 2. The predicted octanol–water partition coefficient (Wildman–Crippen LogP) is 4.64. The number of aromatic nitrogens is 1. The number of rotatable bonds is 8. The highest BCUT2D eigenvalue weighted by molar-refractivity contribution is 7.22. The van der Waals surface area contributed by atoms with Gasteiger partial charge >= 0.3 is 0 Å². The Balaban J connectivity index is 0.00000306. The molecule has 0 unspecified atom stereocenters. The molecule has 2 heterocycles. The summed E-state index contributed by atoms with van der Waals surface area (Å²) in [6.45, 7) is 9.19.